The van der Waals surface area contributed by atoms with E-state index in [2.05, 4.69) is 5.32 Å². The van der Waals surface area contributed by atoms with Gasteiger partial charge in [0.1, 0.15) is 5.56 Å². The maximum absolute atomic E-state index is 13.1. The zero-order valence-electron chi connectivity index (χ0n) is 15.0. The molecule has 6 nitrogen and oxygen atoms in total. The third-order valence-electron chi connectivity index (χ3n) is 4.55. The van der Waals surface area contributed by atoms with E-state index in [0.29, 0.717) is 49.4 Å². The molecule has 3 rings (SSSR count). The SMILES string of the molecule is COCCNC(=O)c1cc2c(n(-c3ccc(C)cc3)c1=O)CCCC2=O. The van der Waals surface area contributed by atoms with Crippen molar-refractivity contribution in [2.75, 3.05) is 20.3 Å². The van der Waals surface area contributed by atoms with E-state index < -0.39 is 11.5 Å². The number of ether oxygens (including phenoxy) is 1. The average Bonchev–Trinajstić information content (AvgIpc) is 2.63. The minimum atomic E-state index is -0.492. The molecule has 0 bridgehead atoms. The number of ketones is 1. The summed E-state index contributed by atoms with van der Waals surface area (Å²) in [6.07, 6.45) is 1.77. The Balaban J connectivity index is 2.15. The fourth-order valence-electron chi connectivity index (χ4n) is 3.18. The van der Waals surface area contributed by atoms with E-state index >= 15 is 0 Å². The van der Waals surface area contributed by atoms with Gasteiger partial charge in [0.15, 0.2) is 5.78 Å². The molecule has 0 spiro atoms. The lowest BCUT2D eigenvalue weighted by Crippen LogP contribution is -2.37. The summed E-state index contributed by atoms with van der Waals surface area (Å²) >= 11 is 0. The second kappa shape index (κ2) is 7.66. The van der Waals surface area contributed by atoms with E-state index in [1.807, 2.05) is 31.2 Å². The molecule has 1 aliphatic carbocycles. The molecule has 136 valence electrons. The van der Waals surface area contributed by atoms with Gasteiger partial charge in [0.25, 0.3) is 11.5 Å². The van der Waals surface area contributed by atoms with Gasteiger partial charge in [-0.1, -0.05) is 17.7 Å². The highest BCUT2D eigenvalue weighted by Crippen LogP contribution is 2.23. The average molecular weight is 354 g/mol. The number of fused-ring (bicyclic) bond motifs is 1. The summed E-state index contributed by atoms with van der Waals surface area (Å²) in [6.45, 7) is 2.61. The summed E-state index contributed by atoms with van der Waals surface area (Å²) in [7, 11) is 1.54. The van der Waals surface area contributed by atoms with Crippen LogP contribution in [-0.2, 0) is 11.2 Å². The van der Waals surface area contributed by atoms with Crippen LogP contribution >= 0.6 is 0 Å². The zero-order valence-corrected chi connectivity index (χ0v) is 15.0. The van der Waals surface area contributed by atoms with Gasteiger partial charge in [-0.05, 0) is 38.0 Å². The fraction of sp³-hybridized carbons (Fsp3) is 0.350. The Hall–Kier alpha value is -2.73. The summed E-state index contributed by atoms with van der Waals surface area (Å²) in [6, 6.07) is 8.94. The number of benzene rings is 1. The number of methoxy groups -OCH3 is 1. The summed E-state index contributed by atoms with van der Waals surface area (Å²) in [5.74, 6) is -0.521. The number of rotatable bonds is 5. The van der Waals surface area contributed by atoms with Crippen LogP contribution in [0.5, 0.6) is 0 Å². The molecule has 1 aromatic carbocycles. The van der Waals surface area contributed by atoms with E-state index in [9.17, 15) is 14.4 Å². The largest absolute Gasteiger partial charge is 0.383 e. The summed E-state index contributed by atoms with van der Waals surface area (Å²) in [5.41, 5.74) is 2.46. The zero-order chi connectivity index (χ0) is 18.7. The quantitative estimate of drug-likeness (QED) is 0.834. The Labute approximate surface area is 151 Å². The standard InChI is InChI=1S/C20H22N2O4/c1-13-6-8-14(9-7-13)22-17-4-3-5-18(23)15(17)12-16(20(22)25)19(24)21-10-11-26-2/h6-9,12H,3-5,10-11H2,1-2H3,(H,21,24). The molecule has 1 aromatic heterocycles. The minimum absolute atomic E-state index is 0.0179. The monoisotopic (exact) mass is 354 g/mol. The van der Waals surface area contributed by atoms with Crippen LogP contribution in [0.25, 0.3) is 5.69 Å². The third-order valence-corrected chi connectivity index (χ3v) is 4.55. The van der Waals surface area contributed by atoms with Crippen molar-refractivity contribution in [3.8, 4) is 5.69 Å². The minimum Gasteiger partial charge on any atom is -0.383 e. The molecule has 2 aromatic rings. The van der Waals surface area contributed by atoms with Gasteiger partial charge in [-0.25, -0.2) is 0 Å². The van der Waals surface area contributed by atoms with E-state index in [1.165, 1.54) is 17.7 Å². The third kappa shape index (κ3) is 3.46. The number of nitrogens with one attached hydrogen (secondary N) is 1. The van der Waals surface area contributed by atoms with Crippen LogP contribution in [0, 0.1) is 6.92 Å². The number of aromatic nitrogens is 1. The summed E-state index contributed by atoms with van der Waals surface area (Å²) < 4.78 is 6.43. The van der Waals surface area contributed by atoms with E-state index in [4.69, 9.17) is 4.74 Å². The van der Waals surface area contributed by atoms with Gasteiger partial charge in [0, 0.05) is 37.0 Å². The number of aryl methyl sites for hydroxylation is 1. The molecule has 0 fully saturated rings. The van der Waals surface area contributed by atoms with Crippen LogP contribution < -0.4 is 10.9 Å². The maximum Gasteiger partial charge on any atom is 0.268 e. The molecule has 0 saturated carbocycles. The Morgan fingerprint density at radius 2 is 1.92 bits per heavy atom. The number of Topliss-reactive ketones (excluding diaryl/α,β-unsaturated/α-hetero) is 1. The van der Waals surface area contributed by atoms with Crippen LogP contribution in [0.4, 0.5) is 0 Å². The van der Waals surface area contributed by atoms with Gasteiger partial charge in [0.2, 0.25) is 0 Å². The molecule has 0 unspecified atom stereocenters. The highest BCUT2D eigenvalue weighted by atomic mass is 16.5. The first-order valence-corrected chi connectivity index (χ1v) is 8.69. The van der Waals surface area contributed by atoms with Crippen molar-refractivity contribution in [2.24, 2.45) is 0 Å². The predicted octanol–water partition coefficient (Wildman–Crippen LogP) is 2.04. The second-order valence-electron chi connectivity index (χ2n) is 6.42. The van der Waals surface area contributed by atoms with Crippen LogP contribution in [0.1, 0.15) is 44.8 Å². The molecule has 1 aliphatic rings. The number of pyridine rings is 1. The molecule has 6 heteroatoms. The molecular weight excluding hydrogens is 332 g/mol. The summed E-state index contributed by atoms with van der Waals surface area (Å²) in [5, 5.41) is 2.66. The molecular formula is C20H22N2O4. The van der Waals surface area contributed by atoms with Gasteiger partial charge < -0.3 is 10.1 Å². The topological polar surface area (TPSA) is 77.4 Å². The van der Waals surface area contributed by atoms with Crippen LogP contribution in [-0.4, -0.2) is 36.5 Å². The van der Waals surface area contributed by atoms with Crippen molar-refractivity contribution in [2.45, 2.75) is 26.2 Å². The van der Waals surface area contributed by atoms with Crippen molar-refractivity contribution >= 4 is 11.7 Å². The van der Waals surface area contributed by atoms with Gasteiger partial charge in [0.05, 0.1) is 6.61 Å². The normalized spacial score (nSPS) is 13.4. The van der Waals surface area contributed by atoms with Crippen molar-refractivity contribution in [3.05, 3.63) is 63.1 Å². The number of hydrogen-bond donors (Lipinski definition) is 1. The molecule has 1 N–H and O–H groups in total. The van der Waals surface area contributed by atoms with Crippen LogP contribution in [0.2, 0.25) is 0 Å². The van der Waals surface area contributed by atoms with Gasteiger partial charge in [-0.15, -0.1) is 0 Å². The van der Waals surface area contributed by atoms with Crippen molar-refractivity contribution in [1.29, 1.82) is 0 Å². The van der Waals surface area contributed by atoms with E-state index in [0.717, 1.165) is 5.56 Å². The highest BCUT2D eigenvalue weighted by Gasteiger charge is 2.26. The Bertz CT molecular complexity index is 897. The summed E-state index contributed by atoms with van der Waals surface area (Å²) in [4.78, 5) is 37.9. The number of hydrogen-bond acceptors (Lipinski definition) is 4. The lowest BCUT2D eigenvalue weighted by atomic mass is 9.92. The Morgan fingerprint density at radius 1 is 1.19 bits per heavy atom. The number of carbonyl (C=O) groups is 2. The lowest BCUT2D eigenvalue weighted by molar-refractivity contribution is 0.0935. The number of amides is 1. The first-order chi connectivity index (χ1) is 12.5. The number of nitrogens with zero attached hydrogens (tertiary/aromatic N) is 1. The Kier molecular flexibility index (Phi) is 5.32. The van der Waals surface area contributed by atoms with Crippen LogP contribution in [0.15, 0.2) is 35.1 Å². The Morgan fingerprint density at radius 3 is 2.62 bits per heavy atom. The molecule has 0 aliphatic heterocycles. The molecule has 0 radical (unpaired) electrons. The van der Waals surface area contributed by atoms with E-state index in [-0.39, 0.29) is 11.3 Å². The fourth-order valence-corrected chi connectivity index (χ4v) is 3.18. The molecule has 0 atom stereocenters. The first-order valence-electron chi connectivity index (χ1n) is 8.69. The predicted molar refractivity (Wildman–Crippen MR) is 98.3 cm³/mol. The highest BCUT2D eigenvalue weighted by molar-refractivity contribution is 6.01. The molecule has 0 saturated heterocycles. The van der Waals surface area contributed by atoms with E-state index in [1.54, 1.807) is 0 Å². The van der Waals surface area contributed by atoms with Crippen LogP contribution in [0.3, 0.4) is 0 Å². The molecule has 26 heavy (non-hydrogen) atoms. The molecule has 1 heterocycles. The van der Waals surface area contributed by atoms with Crippen molar-refractivity contribution < 1.29 is 14.3 Å². The first kappa shape index (κ1) is 18.1. The van der Waals surface area contributed by atoms with Gasteiger partial charge in [-0.2, -0.15) is 0 Å². The van der Waals surface area contributed by atoms with Crippen molar-refractivity contribution in [3.63, 3.8) is 0 Å². The van der Waals surface area contributed by atoms with Gasteiger partial charge >= 0.3 is 0 Å². The lowest BCUT2D eigenvalue weighted by Gasteiger charge is -2.21. The maximum atomic E-state index is 13.1. The van der Waals surface area contributed by atoms with Gasteiger partial charge in [-0.3, -0.25) is 19.0 Å². The van der Waals surface area contributed by atoms with Crippen molar-refractivity contribution in [1.82, 2.24) is 9.88 Å². The number of carbonyl (C=O) groups excluding carboxylic acids is 2. The second-order valence-corrected chi connectivity index (χ2v) is 6.42. The smallest absolute Gasteiger partial charge is 0.268 e. The molecule has 1 amide bonds.